The van der Waals surface area contributed by atoms with Crippen LogP contribution in [0.15, 0.2) is 47.4 Å². The molecule has 0 spiro atoms. The van der Waals surface area contributed by atoms with Gasteiger partial charge in [-0.15, -0.1) is 11.6 Å². The number of methoxy groups -OCH3 is 1. The van der Waals surface area contributed by atoms with E-state index in [0.29, 0.717) is 23.7 Å². The minimum atomic E-state index is -3.86. The molecule has 0 saturated carbocycles. The molecule has 0 aromatic heterocycles. The van der Waals surface area contributed by atoms with Gasteiger partial charge in [-0.3, -0.25) is 4.72 Å². The lowest BCUT2D eigenvalue weighted by Gasteiger charge is -2.14. The number of carbonyl (C=O) groups excluding carboxylic acids is 1. The number of benzene rings is 2. The van der Waals surface area contributed by atoms with E-state index >= 15 is 0 Å². The third-order valence-electron chi connectivity index (χ3n) is 3.50. The van der Waals surface area contributed by atoms with Crippen LogP contribution in [-0.4, -0.2) is 34.0 Å². The fraction of sp³-hybridized carbons (Fsp3) is 0.235. The Morgan fingerprint density at radius 3 is 2.58 bits per heavy atom. The Bertz CT molecular complexity index is 887. The van der Waals surface area contributed by atoms with Gasteiger partial charge < -0.3 is 15.4 Å². The van der Waals surface area contributed by atoms with Gasteiger partial charge in [-0.2, -0.15) is 0 Å². The van der Waals surface area contributed by atoms with Gasteiger partial charge in [0.2, 0.25) is 0 Å². The summed E-state index contributed by atoms with van der Waals surface area (Å²) in [6, 6.07) is 10.7. The summed E-state index contributed by atoms with van der Waals surface area (Å²) < 4.78 is 33.0. The number of sulfonamides is 1. The van der Waals surface area contributed by atoms with Gasteiger partial charge in [-0.1, -0.05) is 18.2 Å². The molecule has 0 aliphatic rings. The summed E-state index contributed by atoms with van der Waals surface area (Å²) in [4.78, 5) is 11.8. The molecule has 0 fully saturated rings. The smallest absolute Gasteiger partial charge is 0.319 e. The number of halogens is 1. The summed E-state index contributed by atoms with van der Waals surface area (Å²) >= 11 is 5.53. The first-order valence-electron chi connectivity index (χ1n) is 7.74. The van der Waals surface area contributed by atoms with E-state index < -0.39 is 16.1 Å². The van der Waals surface area contributed by atoms with E-state index in [4.69, 9.17) is 16.3 Å². The molecular weight excluding hydrogens is 378 g/mol. The van der Waals surface area contributed by atoms with Crippen LogP contribution < -0.4 is 20.1 Å². The summed E-state index contributed by atoms with van der Waals surface area (Å²) in [7, 11) is -2.40. The highest BCUT2D eigenvalue weighted by molar-refractivity contribution is 7.92. The van der Waals surface area contributed by atoms with Crippen molar-refractivity contribution in [3.8, 4) is 5.75 Å². The third-order valence-corrected chi connectivity index (χ3v) is 5.05. The van der Waals surface area contributed by atoms with E-state index in [1.54, 1.807) is 37.3 Å². The topological polar surface area (TPSA) is 96.5 Å². The van der Waals surface area contributed by atoms with E-state index in [1.165, 1.54) is 19.2 Å². The van der Waals surface area contributed by atoms with Gasteiger partial charge in [0.1, 0.15) is 5.75 Å². The van der Waals surface area contributed by atoms with Crippen molar-refractivity contribution >= 4 is 39.0 Å². The molecule has 3 N–H and O–H groups in total. The normalized spacial score (nSPS) is 10.9. The van der Waals surface area contributed by atoms with Crippen LogP contribution in [0.2, 0.25) is 0 Å². The van der Waals surface area contributed by atoms with Gasteiger partial charge in [0.25, 0.3) is 10.0 Å². The van der Waals surface area contributed by atoms with Gasteiger partial charge in [0.15, 0.2) is 0 Å². The second kappa shape index (κ2) is 8.77. The first kappa shape index (κ1) is 19.9. The second-order valence-corrected chi connectivity index (χ2v) is 7.41. The first-order valence-corrected chi connectivity index (χ1v) is 9.76. The fourth-order valence-corrected chi connectivity index (χ4v) is 3.35. The lowest BCUT2D eigenvalue weighted by molar-refractivity contribution is 0.252. The summed E-state index contributed by atoms with van der Waals surface area (Å²) in [5, 5.41) is 5.18. The van der Waals surface area contributed by atoms with Crippen molar-refractivity contribution in [2.45, 2.75) is 11.8 Å². The molecule has 2 rings (SSSR count). The van der Waals surface area contributed by atoms with E-state index in [9.17, 15) is 13.2 Å². The Morgan fingerprint density at radius 2 is 1.88 bits per heavy atom. The number of ether oxygens (including phenoxy) is 1. The predicted octanol–water partition coefficient (Wildman–Crippen LogP) is 3.16. The SMILES string of the molecule is COc1ccccc1NS(=O)(=O)c1ccc(C)c(NC(=O)NCCCl)c1. The van der Waals surface area contributed by atoms with Crippen molar-refractivity contribution in [3.05, 3.63) is 48.0 Å². The fourth-order valence-electron chi connectivity index (χ4n) is 2.16. The zero-order chi connectivity index (χ0) is 19.2. The summed E-state index contributed by atoms with van der Waals surface area (Å²) in [5.41, 5.74) is 1.44. The number of nitrogens with one attached hydrogen (secondary N) is 3. The lowest BCUT2D eigenvalue weighted by atomic mass is 10.2. The average molecular weight is 398 g/mol. The highest BCUT2D eigenvalue weighted by atomic mass is 35.5. The Balaban J connectivity index is 2.26. The Labute approximate surface area is 157 Å². The molecule has 0 atom stereocenters. The van der Waals surface area contributed by atoms with Gasteiger partial charge in [0.05, 0.1) is 17.7 Å². The number of rotatable bonds is 7. The molecule has 0 heterocycles. The molecule has 0 bridgehead atoms. The maximum absolute atomic E-state index is 12.7. The number of anilines is 2. The van der Waals surface area contributed by atoms with Crippen LogP contribution >= 0.6 is 11.6 Å². The highest BCUT2D eigenvalue weighted by Crippen LogP contribution is 2.27. The Hall–Kier alpha value is -2.45. The third kappa shape index (κ3) is 5.03. The van der Waals surface area contributed by atoms with Crippen LogP contribution in [0.3, 0.4) is 0 Å². The number of urea groups is 1. The standard InChI is InChI=1S/C17H20ClN3O4S/c1-12-7-8-13(11-15(12)20-17(22)19-10-9-18)26(23,24)21-14-5-3-4-6-16(14)25-2/h3-8,11,21H,9-10H2,1-2H3,(H2,19,20,22). The van der Waals surface area contributed by atoms with E-state index in [0.717, 1.165) is 5.56 Å². The number of aryl methyl sites for hydroxylation is 1. The van der Waals surface area contributed by atoms with Crippen molar-refractivity contribution in [1.82, 2.24) is 5.32 Å². The molecule has 0 unspecified atom stereocenters. The maximum atomic E-state index is 12.7. The number of alkyl halides is 1. The van der Waals surface area contributed by atoms with Crippen molar-refractivity contribution in [2.75, 3.05) is 29.6 Å². The van der Waals surface area contributed by atoms with Gasteiger partial charge in [-0.05, 0) is 36.8 Å². The predicted molar refractivity (Wildman–Crippen MR) is 103 cm³/mol. The molecule has 0 radical (unpaired) electrons. The molecule has 26 heavy (non-hydrogen) atoms. The van der Waals surface area contributed by atoms with Gasteiger partial charge >= 0.3 is 6.03 Å². The van der Waals surface area contributed by atoms with Crippen LogP contribution in [0.4, 0.5) is 16.2 Å². The van der Waals surface area contributed by atoms with Gasteiger partial charge in [-0.25, -0.2) is 13.2 Å². The summed E-state index contributed by atoms with van der Waals surface area (Å²) in [5.74, 6) is 0.686. The lowest BCUT2D eigenvalue weighted by Crippen LogP contribution is -2.30. The van der Waals surface area contributed by atoms with Crippen LogP contribution in [-0.2, 0) is 10.0 Å². The Kier molecular flexibility index (Phi) is 6.70. The Morgan fingerprint density at radius 1 is 1.15 bits per heavy atom. The van der Waals surface area contributed by atoms with Gasteiger partial charge in [0, 0.05) is 18.1 Å². The van der Waals surface area contributed by atoms with Crippen molar-refractivity contribution in [2.24, 2.45) is 0 Å². The zero-order valence-electron chi connectivity index (χ0n) is 14.4. The maximum Gasteiger partial charge on any atom is 0.319 e. The van der Waals surface area contributed by atoms with E-state index in [1.807, 2.05) is 0 Å². The number of carbonyl (C=O) groups is 1. The number of amides is 2. The second-order valence-electron chi connectivity index (χ2n) is 5.35. The molecule has 140 valence electrons. The monoisotopic (exact) mass is 397 g/mol. The zero-order valence-corrected chi connectivity index (χ0v) is 15.9. The molecular formula is C17H20ClN3O4S. The van der Waals surface area contributed by atoms with Crippen LogP contribution in [0, 0.1) is 6.92 Å². The number of hydrogen-bond acceptors (Lipinski definition) is 4. The largest absolute Gasteiger partial charge is 0.495 e. The average Bonchev–Trinajstić information content (AvgIpc) is 2.61. The molecule has 2 aromatic carbocycles. The highest BCUT2D eigenvalue weighted by Gasteiger charge is 2.18. The van der Waals surface area contributed by atoms with Crippen LogP contribution in [0.5, 0.6) is 5.75 Å². The van der Waals surface area contributed by atoms with E-state index in [2.05, 4.69) is 15.4 Å². The molecule has 2 aromatic rings. The molecule has 2 amide bonds. The minimum Gasteiger partial charge on any atom is -0.495 e. The molecule has 0 aliphatic carbocycles. The van der Waals surface area contributed by atoms with Crippen molar-refractivity contribution < 1.29 is 17.9 Å². The summed E-state index contributed by atoms with van der Waals surface area (Å²) in [6.07, 6.45) is 0. The van der Waals surface area contributed by atoms with Crippen molar-refractivity contribution in [1.29, 1.82) is 0 Å². The number of para-hydroxylation sites is 2. The first-order chi connectivity index (χ1) is 12.4. The van der Waals surface area contributed by atoms with E-state index in [-0.39, 0.29) is 10.8 Å². The van der Waals surface area contributed by atoms with Crippen LogP contribution in [0.1, 0.15) is 5.56 Å². The molecule has 0 aliphatic heterocycles. The van der Waals surface area contributed by atoms with Crippen LogP contribution in [0.25, 0.3) is 0 Å². The number of hydrogen-bond donors (Lipinski definition) is 3. The molecule has 9 heteroatoms. The minimum absolute atomic E-state index is 0.0154. The summed E-state index contributed by atoms with van der Waals surface area (Å²) in [6.45, 7) is 2.07. The molecule has 0 saturated heterocycles. The molecule has 7 nitrogen and oxygen atoms in total. The quantitative estimate of drug-likeness (QED) is 0.625. The van der Waals surface area contributed by atoms with Crippen molar-refractivity contribution in [3.63, 3.8) is 0 Å².